The van der Waals surface area contributed by atoms with Gasteiger partial charge in [-0.05, 0) is 36.2 Å². The van der Waals surface area contributed by atoms with Gasteiger partial charge in [0.2, 0.25) is 0 Å². The SMILES string of the molecule is CC(C)(CCOC(=O)CS)[C@H](OC(=O)NC(=O)c1ccccc1)c1ccc(OCCO)cc1. The predicted octanol–water partition coefficient (Wildman–Crippen LogP) is 3.55. The summed E-state index contributed by atoms with van der Waals surface area (Å²) < 4.78 is 16.2. The van der Waals surface area contributed by atoms with Crippen molar-refractivity contribution in [2.75, 3.05) is 25.6 Å². The van der Waals surface area contributed by atoms with Crippen molar-refractivity contribution in [2.24, 2.45) is 5.41 Å². The Labute approximate surface area is 198 Å². The van der Waals surface area contributed by atoms with Crippen LogP contribution in [0.1, 0.15) is 42.3 Å². The maximum Gasteiger partial charge on any atom is 0.414 e. The molecule has 0 aliphatic rings. The highest BCUT2D eigenvalue weighted by Crippen LogP contribution is 2.40. The van der Waals surface area contributed by atoms with Gasteiger partial charge in [-0.15, -0.1) is 0 Å². The van der Waals surface area contributed by atoms with Gasteiger partial charge in [-0.3, -0.25) is 14.9 Å². The molecule has 0 aliphatic heterocycles. The van der Waals surface area contributed by atoms with Crippen molar-refractivity contribution in [2.45, 2.75) is 26.4 Å². The molecule has 0 aliphatic carbocycles. The third-order valence-corrected chi connectivity index (χ3v) is 5.13. The maximum absolute atomic E-state index is 12.6. The van der Waals surface area contributed by atoms with Crippen molar-refractivity contribution in [3.8, 4) is 5.75 Å². The highest BCUT2D eigenvalue weighted by Gasteiger charge is 2.35. The van der Waals surface area contributed by atoms with Gasteiger partial charge in [0, 0.05) is 11.0 Å². The lowest BCUT2D eigenvalue weighted by Gasteiger charge is -2.34. The highest BCUT2D eigenvalue weighted by atomic mass is 32.1. The molecule has 2 rings (SSSR count). The largest absolute Gasteiger partial charge is 0.491 e. The number of aliphatic hydroxyl groups is 1. The Hall–Kier alpha value is -3.04. The lowest BCUT2D eigenvalue weighted by atomic mass is 9.80. The van der Waals surface area contributed by atoms with Crippen LogP contribution in [-0.2, 0) is 14.3 Å². The third kappa shape index (κ3) is 8.43. The first-order chi connectivity index (χ1) is 15.8. The molecule has 1 atom stereocenters. The van der Waals surface area contributed by atoms with E-state index < -0.39 is 29.5 Å². The van der Waals surface area contributed by atoms with Gasteiger partial charge in [0.1, 0.15) is 18.5 Å². The van der Waals surface area contributed by atoms with Crippen molar-refractivity contribution in [3.63, 3.8) is 0 Å². The topological polar surface area (TPSA) is 111 Å². The minimum Gasteiger partial charge on any atom is -0.491 e. The molecule has 178 valence electrons. The zero-order valence-corrected chi connectivity index (χ0v) is 19.5. The number of benzene rings is 2. The summed E-state index contributed by atoms with van der Waals surface area (Å²) in [6.45, 7) is 3.91. The number of hydrogen-bond acceptors (Lipinski definition) is 8. The molecule has 8 nitrogen and oxygen atoms in total. The number of ether oxygens (including phenoxy) is 3. The molecule has 0 radical (unpaired) electrons. The van der Waals surface area contributed by atoms with Crippen LogP contribution in [0.5, 0.6) is 5.75 Å². The fourth-order valence-corrected chi connectivity index (χ4v) is 3.17. The van der Waals surface area contributed by atoms with Gasteiger partial charge in [0.05, 0.1) is 19.0 Å². The van der Waals surface area contributed by atoms with E-state index in [1.807, 2.05) is 13.8 Å². The molecule has 0 unspecified atom stereocenters. The van der Waals surface area contributed by atoms with Crippen molar-refractivity contribution in [1.82, 2.24) is 5.32 Å². The van der Waals surface area contributed by atoms with Crippen LogP contribution in [0.4, 0.5) is 4.79 Å². The number of imide groups is 1. The first-order valence-electron chi connectivity index (χ1n) is 10.4. The first kappa shape index (κ1) is 26.2. The van der Waals surface area contributed by atoms with Crippen molar-refractivity contribution in [3.05, 3.63) is 65.7 Å². The number of aliphatic hydroxyl groups excluding tert-OH is 1. The molecule has 2 aromatic rings. The fourth-order valence-electron chi connectivity index (χ4n) is 3.08. The van der Waals surface area contributed by atoms with Crippen LogP contribution in [0.2, 0.25) is 0 Å². The number of carbonyl (C=O) groups excluding carboxylic acids is 3. The highest BCUT2D eigenvalue weighted by molar-refractivity contribution is 7.81. The van der Waals surface area contributed by atoms with Crippen LogP contribution < -0.4 is 10.1 Å². The van der Waals surface area contributed by atoms with E-state index in [-0.39, 0.29) is 25.6 Å². The summed E-state index contributed by atoms with van der Waals surface area (Å²) >= 11 is 3.89. The molecule has 0 saturated heterocycles. The van der Waals surface area contributed by atoms with Crippen LogP contribution in [0.3, 0.4) is 0 Å². The maximum atomic E-state index is 12.6. The van der Waals surface area contributed by atoms with Crippen LogP contribution >= 0.6 is 12.6 Å². The van der Waals surface area contributed by atoms with Crippen LogP contribution in [-0.4, -0.2) is 48.6 Å². The summed E-state index contributed by atoms with van der Waals surface area (Å²) in [4.78, 5) is 36.4. The second-order valence-electron chi connectivity index (χ2n) is 7.86. The number of thiol groups is 1. The molecule has 0 heterocycles. The molecule has 0 saturated carbocycles. The molecule has 0 spiro atoms. The zero-order chi connectivity index (χ0) is 24.3. The van der Waals surface area contributed by atoms with Crippen LogP contribution in [0.15, 0.2) is 54.6 Å². The summed E-state index contributed by atoms with van der Waals surface area (Å²) in [5, 5.41) is 11.2. The molecular weight excluding hydrogens is 446 g/mol. The molecular formula is C24H29NO7S. The van der Waals surface area contributed by atoms with Crippen molar-refractivity contribution in [1.29, 1.82) is 0 Å². The summed E-state index contributed by atoms with van der Waals surface area (Å²) in [5.74, 6) is -0.494. The van der Waals surface area contributed by atoms with Gasteiger partial charge in [0.25, 0.3) is 5.91 Å². The number of nitrogens with one attached hydrogen (secondary N) is 1. The van der Waals surface area contributed by atoms with E-state index in [0.29, 0.717) is 23.3 Å². The smallest absolute Gasteiger partial charge is 0.414 e. The Morgan fingerprint density at radius 2 is 1.70 bits per heavy atom. The van der Waals surface area contributed by atoms with E-state index in [1.165, 1.54) is 0 Å². The summed E-state index contributed by atoms with van der Waals surface area (Å²) in [5.41, 5.74) is 0.339. The van der Waals surface area contributed by atoms with E-state index in [2.05, 4.69) is 17.9 Å². The molecule has 0 aromatic heterocycles. The number of alkyl carbamates (subject to hydrolysis) is 1. The van der Waals surface area contributed by atoms with Crippen LogP contribution in [0.25, 0.3) is 0 Å². The Morgan fingerprint density at radius 1 is 1.03 bits per heavy atom. The molecule has 2 amide bonds. The average molecular weight is 476 g/mol. The van der Waals surface area contributed by atoms with E-state index in [1.54, 1.807) is 54.6 Å². The lowest BCUT2D eigenvalue weighted by Crippen LogP contribution is -2.36. The molecule has 9 heteroatoms. The number of rotatable bonds is 11. The normalized spacial score (nSPS) is 11.9. The molecule has 2 aromatic carbocycles. The Morgan fingerprint density at radius 3 is 2.30 bits per heavy atom. The van der Waals surface area contributed by atoms with Gasteiger partial charge in [0.15, 0.2) is 0 Å². The van der Waals surface area contributed by atoms with Gasteiger partial charge < -0.3 is 19.3 Å². The van der Waals surface area contributed by atoms with Crippen LogP contribution in [0, 0.1) is 5.41 Å². The number of amides is 2. The monoisotopic (exact) mass is 475 g/mol. The third-order valence-electron chi connectivity index (χ3n) is 4.87. The van der Waals surface area contributed by atoms with Gasteiger partial charge in [-0.1, -0.05) is 44.2 Å². The number of carbonyl (C=O) groups is 3. The van der Waals surface area contributed by atoms with E-state index in [0.717, 1.165) is 0 Å². The van der Waals surface area contributed by atoms with Gasteiger partial charge in [-0.25, -0.2) is 4.79 Å². The lowest BCUT2D eigenvalue weighted by molar-refractivity contribution is -0.141. The van der Waals surface area contributed by atoms with E-state index in [9.17, 15) is 14.4 Å². The second-order valence-corrected chi connectivity index (χ2v) is 8.18. The van der Waals surface area contributed by atoms with Gasteiger partial charge in [-0.2, -0.15) is 12.6 Å². The van der Waals surface area contributed by atoms with E-state index >= 15 is 0 Å². The quantitative estimate of drug-likeness (QED) is 0.337. The zero-order valence-electron chi connectivity index (χ0n) is 18.7. The Bertz CT molecular complexity index is 916. The fraction of sp³-hybridized carbons (Fsp3) is 0.375. The predicted molar refractivity (Wildman–Crippen MR) is 125 cm³/mol. The van der Waals surface area contributed by atoms with Crippen molar-refractivity contribution < 1.29 is 33.7 Å². The summed E-state index contributed by atoms with van der Waals surface area (Å²) in [6.07, 6.45) is -1.27. The van der Waals surface area contributed by atoms with Crippen molar-refractivity contribution >= 4 is 30.6 Å². The number of hydrogen-bond donors (Lipinski definition) is 3. The molecule has 0 fully saturated rings. The minimum absolute atomic E-state index is 0.0281. The van der Waals surface area contributed by atoms with Gasteiger partial charge >= 0.3 is 12.1 Å². The molecule has 33 heavy (non-hydrogen) atoms. The summed E-state index contributed by atoms with van der Waals surface area (Å²) in [7, 11) is 0. The Balaban J connectivity index is 2.17. The first-order valence-corrected chi connectivity index (χ1v) is 11.1. The minimum atomic E-state index is -0.894. The number of esters is 1. The summed E-state index contributed by atoms with van der Waals surface area (Å²) in [6, 6.07) is 15.2. The average Bonchev–Trinajstić information content (AvgIpc) is 2.81. The Kier molecular flexibility index (Phi) is 10.2. The standard InChI is InChI=1S/C24H29NO7S/c1-24(2,12-14-31-20(27)16-33)21(17-8-10-19(11-9-17)30-15-13-26)32-23(29)25-22(28)18-6-4-3-5-7-18/h3-11,21,26,33H,12-16H2,1-2H3,(H,25,28,29)/t21-/m1/s1. The molecule has 2 N–H and O–H groups in total. The second kappa shape index (κ2) is 12.9. The van der Waals surface area contributed by atoms with E-state index in [4.69, 9.17) is 19.3 Å². The molecule has 0 bridgehead atoms.